The lowest BCUT2D eigenvalue weighted by Crippen LogP contribution is -2.56. The fourth-order valence-electron chi connectivity index (χ4n) is 7.34. The van der Waals surface area contributed by atoms with Gasteiger partial charge in [-0.3, -0.25) is 19.3 Å². The number of alkyl halides is 3. The Morgan fingerprint density at radius 1 is 0.702 bits per heavy atom. The number of nitrogens with zero attached hydrogens (tertiary/aromatic N) is 6. The fraction of sp³-hybridized carbons (Fsp3) is 0.356. The van der Waals surface area contributed by atoms with Gasteiger partial charge in [-0.2, -0.15) is 13.2 Å². The van der Waals surface area contributed by atoms with Gasteiger partial charge in [0.25, 0.3) is 0 Å². The van der Waals surface area contributed by atoms with Gasteiger partial charge in [0.1, 0.15) is 6.04 Å². The third kappa shape index (κ3) is 11.0. The molecule has 0 unspecified atom stereocenters. The average Bonchev–Trinajstić information content (AvgIpc) is 3.22. The van der Waals surface area contributed by atoms with Crippen LogP contribution in [0.3, 0.4) is 0 Å². The van der Waals surface area contributed by atoms with E-state index < -0.39 is 23.7 Å². The van der Waals surface area contributed by atoms with Gasteiger partial charge in [0.2, 0.25) is 17.7 Å². The molecule has 2 heterocycles. The summed E-state index contributed by atoms with van der Waals surface area (Å²) in [6.45, 7) is 7.59. The van der Waals surface area contributed by atoms with Gasteiger partial charge >= 0.3 is 6.18 Å². The van der Waals surface area contributed by atoms with Gasteiger partial charge in [-0.05, 0) is 64.7 Å². The van der Waals surface area contributed by atoms with Crippen LogP contribution in [0.4, 0.5) is 24.5 Å². The smallest absolute Gasteiger partial charge is 0.378 e. The SMILES string of the molecule is CC(=O)N1CCN(c2ccc(CN(C(=O)/C=C/c3ccc(C(F)(F)F)cc3)[C@@H](Cc3ccccc3)C(=O)N3CCN(Cc4ccc(N(C)C)cc4)CC3)cc2)CC1. The molecule has 0 spiro atoms. The van der Waals surface area contributed by atoms with Crippen LogP contribution in [0.15, 0.2) is 109 Å². The Bertz CT molecular complexity index is 1970. The van der Waals surface area contributed by atoms with E-state index in [2.05, 4.69) is 39.0 Å². The Morgan fingerprint density at radius 3 is 1.88 bits per heavy atom. The van der Waals surface area contributed by atoms with E-state index in [4.69, 9.17) is 0 Å². The number of benzene rings is 4. The van der Waals surface area contributed by atoms with Crippen molar-refractivity contribution in [1.82, 2.24) is 19.6 Å². The van der Waals surface area contributed by atoms with Crippen LogP contribution in [0.5, 0.6) is 0 Å². The highest BCUT2D eigenvalue weighted by molar-refractivity contribution is 5.96. The number of anilines is 2. The molecule has 0 bridgehead atoms. The second-order valence-corrected chi connectivity index (χ2v) is 14.9. The van der Waals surface area contributed by atoms with Gasteiger partial charge in [0.15, 0.2) is 0 Å². The Labute approximate surface area is 333 Å². The zero-order valence-corrected chi connectivity index (χ0v) is 32.9. The van der Waals surface area contributed by atoms with Crippen molar-refractivity contribution in [2.24, 2.45) is 0 Å². The lowest BCUT2D eigenvalue weighted by Gasteiger charge is -2.39. The summed E-state index contributed by atoms with van der Waals surface area (Å²) in [5, 5.41) is 0. The van der Waals surface area contributed by atoms with Gasteiger partial charge in [0.05, 0.1) is 5.56 Å². The maximum absolute atomic E-state index is 14.7. The number of hydrogen-bond donors (Lipinski definition) is 0. The van der Waals surface area contributed by atoms with E-state index in [0.717, 1.165) is 41.2 Å². The van der Waals surface area contributed by atoms with Crippen molar-refractivity contribution in [3.63, 3.8) is 0 Å². The summed E-state index contributed by atoms with van der Waals surface area (Å²) in [5.74, 6) is -0.506. The lowest BCUT2D eigenvalue weighted by atomic mass is 10.0. The van der Waals surface area contributed by atoms with E-state index in [1.165, 1.54) is 29.8 Å². The molecule has 0 radical (unpaired) electrons. The van der Waals surface area contributed by atoms with Crippen molar-refractivity contribution >= 4 is 35.2 Å². The molecule has 0 saturated carbocycles. The molecule has 2 aliphatic heterocycles. The van der Waals surface area contributed by atoms with E-state index in [0.29, 0.717) is 57.9 Å². The minimum absolute atomic E-state index is 0.0645. The van der Waals surface area contributed by atoms with Crippen molar-refractivity contribution in [3.05, 3.63) is 137 Å². The molecule has 300 valence electrons. The molecule has 12 heteroatoms. The molecule has 6 rings (SSSR count). The highest BCUT2D eigenvalue weighted by Crippen LogP contribution is 2.29. The molecular formula is C45H51F3N6O3. The van der Waals surface area contributed by atoms with Gasteiger partial charge in [-0.15, -0.1) is 0 Å². The maximum Gasteiger partial charge on any atom is 0.416 e. The fourth-order valence-corrected chi connectivity index (χ4v) is 7.34. The number of piperazine rings is 2. The Kier molecular flexibility index (Phi) is 13.4. The number of carbonyl (C=O) groups excluding carboxylic acids is 3. The summed E-state index contributed by atoms with van der Waals surface area (Å²) in [4.78, 5) is 52.8. The summed E-state index contributed by atoms with van der Waals surface area (Å²) in [6.07, 6.45) is -1.35. The Balaban J connectivity index is 1.24. The number of rotatable bonds is 12. The zero-order chi connectivity index (χ0) is 40.5. The summed E-state index contributed by atoms with van der Waals surface area (Å²) >= 11 is 0. The highest BCUT2D eigenvalue weighted by atomic mass is 19.4. The van der Waals surface area contributed by atoms with E-state index in [9.17, 15) is 27.6 Å². The molecule has 2 aliphatic rings. The molecule has 3 amide bonds. The largest absolute Gasteiger partial charge is 0.416 e. The van der Waals surface area contributed by atoms with Crippen LogP contribution in [0.1, 0.15) is 34.7 Å². The molecule has 4 aromatic carbocycles. The molecule has 0 aliphatic carbocycles. The van der Waals surface area contributed by atoms with Gasteiger partial charge < -0.3 is 24.5 Å². The molecule has 0 aromatic heterocycles. The van der Waals surface area contributed by atoms with Crippen molar-refractivity contribution in [2.75, 3.05) is 76.3 Å². The maximum atomic E-state index is 14.7. The second-order valence-electron chi connectivity index (χ2n) is 14.9. The molecular weight excluding hydrogens is 730 g/mol. The van der Waals surface area contributed by atoms with E-state index in [-0.39, 0.29) is 24.8 Å². The molecule has 57 heavy (non-hydrogen) atoms. The van der Waals surface area contributed by atoms with E-state index in [1.54, 1.807) is 11.8 Å². The van der Waals surface area contributed by atoms with E-state index >= 15 is 0 Å². The van der Waals surface area contributed by atoms with E-state index in [1.807, 2.05) is 78.5 Å². The van der Waals surface area contributed by atoms with Crippen molar-refractivity contribution < 1.29 is 27.6 Å². The first kappa shape index (κ1) is 41.0. The summed E-state index contributed by atoms with van der Waals surface area (Å²) < 4.78 is 39.7. The molecule has 1 atom stereocenters. The summed E-state index contributed by atoms with van der Waals surface area (Å²) in [5.41, 5.74) is 4.73. The first-order valence-corrected chi connectivity index (χ1v) is 19.4. The van der Waals surface area contributed by atoms with Gasteiger partial charge in [-0.25, -0.2) is 0 Å². The third-order valence-corrected chi connectivity index (χ3v) is 10.8. The van der Waals surface area contributed by atoms with Crippen LogP contribution in [0, 0.1) is 0 Å². The second kappa shape index (κ2) is 18.5. The van der Waals surface area contributed by atoms with Crippen LogP contribution >= 0.6 is 0 Å². The lowest BCUT2D eigenvalue weighted by molar-refractivity contribution is -0.145. The van der Waals surface area contributed by atoms with Crippen LogP contribution in [0.2, 0.25) is 0 Å². The van der Waals surface area contributed by atoms with Crippen LogP contribution in [-0.2, 0) is 40.1 Å². The molecule has 0 N–H and O–H groups in total. The summed E-state index contributed by atoms with van der Waals surface area (Å²) in [7, 11) is 4.02. The molecule has 2 fully saturated rings. The quantitative estimate of drug-likeness (QED) is 0.154. The average molecular weight is 781 g/mol. The zero-order valence-electron chi connectivity index (χ0n) is 32.9. The highest BCUT2D eigenvalue weighted by Gasteiger charge is 2.34. The van der Waals surface area contributed by atoms with Crippen molar-refractivity contribution in [2.45, 2.75) is 38.7 Å². The van der Waals surface area contributed by atoms with Crippen molar-refractivity contribution in [1.29, 1.82) is 0 Å². The first-order chi connectivity index (χ1) is 27.3. The minimum atomic E-state index is -4.47. The number of halogens is 3. The Hall–Kier alpha value is -5.62. The number of amides is 3. The van der Waals surface area contributed by atoms with Crippen LogP contribution in [0.25, 0.3) is 6.08 Å². The topological polar surface area (TPSA) is 70.6 Å². The molecule has 9 nitrogen and oxygen atoms in total. The number of hydrogen-bond acceptors (Lipinski definition) is 6. The summed E-state index contributed by atoms with van der Waals surface area (Å²) in [6, 6.07) is 29.8. The van der Waals surface area contributed by atoms with Crippen molar-refractivity contribution in [3.8, 4) is 0 Å². The van der Waals surface area contributed by atoms with Crippen LogP contribution in [-0.4, -0.2) is 110 Å². The molecule has 2 saturated heterocycles. The van der Waals surface area contributed by atoms with Crippen LogP contribution < -0.4 is 9.80 Å². The third-order valence-electron chi connectivity index (χ3n) is 10.8. The van der Waals surface area contributed by atoms with Gasteiger partial charge in [0, 0.05) is 110 Å². The predicted octanol–water partition coefficient (Wildman–Crippen LogP) is 6.44. The monoisotopic (exact) mass is 780 g/mol. The first-order valence-electron chi connectivity index (χ1n) is 19.4. The standard InChI is InChI=1S/C45H51F3N6O3/c1-34(55)51-27-29-52(30-28-51)41-20-13-38(14-21-41)33-54(43(56)22-15-35-9-16-39(17-10-35)45(46,47)48)42(31-36-7-5-4-6-8-36)44(57)53-25-23-50(24-26-53)32-37-11-18-40(19-12-37)49(2)3/h4-22,42H,23-33H2,1-3H3/b22-15+/t42-/m0/s1. The Morgan fingerprint density at radius 2 is 1.30 bits per heavy atom. The predicted molar refractivity (Wildman–Crippen MR) is 218 cm³/mol. The minimum Gasteiger partial charge on any atom is -0.378 e. The number of carbonyl (C=O) groups is 3. The van der Waals surface area contributed by atoms with Gasteiger partial charge in [-0.1, -0.05) is 66.7 Å². The normalized spacial score (nSPS) is 15.8. The molecule has 4 aromatic rings.